The minimum atomic E-state index is -0.460. The van der Waals surface area contributed by atoms with Crippen LogP contribution in [0.1, 0.15) is 11.1 Å². The quantitative estimate of drug-likeness (QED) is 0.552. The maximum Gasteiger partial charge on any atom is 0.310 e. The first kappa shape index (κ1) is 17.1. The van der Waals surface area contributed by atoms with Crippen molar-refractivity contribution in [2.45, 2.75) is 13.5 Å². The van der Waals surface area contributed by atoms with E-state index in [9.17, 15) is 10.1 Å². The first-order valence-corrected chi connectivity index (χ1v) is 7.53. The number of methoxy groups -OCH3 is 2. The second-order valence-electron chi connectivity index (χ2n) is 4.82. The molecule has 0 amide bonds. The van der Waals surface area contributed by atoms with Crippen molar-refractivity contribution in [2.75, 3.05) is 14.2 Å². The first-order chi connectivity index (χ1) is 11.0. The lowest BCUT2D eigenvalue weighted by Gasteiger charge is -2.13. The number of nitrogens with zero attached hydrogens (tertiary/aromatic N) is 1. The molecule has 6 nitrogen and oxygen atoms in total. The zero-order valence-electron chi connectivity index (χ0n) is 13.0. The molecule has 0 radical (unpaired) electrons. The van der Waals surface area contributed by atoms with Crippen LogP contribution in [-0.4, -0.2) is 19.1 Å². The van der Waals surface area contributed by atoms with Crippen molar-refractivity contribution in [2.24, 2.45) is 0 Å². The summed E-state index contributed by atoms with van der Waals surface area (Å²) in [5.74, 6) is 1.38. The van der Waals surface area contributed by atoms with Gasteiger partial charge in [-0.05, 0) is 30.7 Å². The maximum atomic E-state index is 11.1. The third kappa shape index (κ3) is 3.92. The summed E-state index contributed by atoms with van der Waals surface area (Å²) in [5, 5.41) is 11.1. The minimum Gasteiger partial charge on any atom is -0.493 e. The number of rotatable bonds is 6. The molecule has 122 valence electrons. The predicted octanol–water partition coefficient (Wildman–Crippen LogP) is 4.26. The maximum absolute atomic E-state index is 11.1. The zero-order valence-corrected chi connectivity index (χ0v) is 14.5. The predicted molar refractivity (Wildman–Crippen MR) is 89.4 cm³/mol. The van der Waals surface area contributed by atoms with Crippen LogP contribution in [0.15, 0.2) is 34.8 Å². The summed E-state index contributed by atoms with van der Waals surface area (Å²) in [5.41, 5.74) is 1.61. The number of benzene rings is 2. The monoisotopic (exact) mass is 381 g/mol. The molecule has 0 saturated carbocycles. The summed E-state index contributed by atoms with van der Waals surface area (Å²) in [7, 11) is 3.10. The first-order valence-electron chi connectivity index (χ1n) is 6.74. The van der Waals surface area contributed by atoms with Gasteiger partial charge in [-0.2, -0.15) is 0 Å². The van der Waals surface area contributed by atoms with Crippen LogP contribution in [-0.2, 0) is 6.61 Å². The number of aryl methyl sites for hydroxylation is 1. The molecule has 7 heteroatoms. The van der Waals surface area contributed by atoms with Crippen molar-refractivity contribution < 1.29 is 19.1 Å². The van der Waals surface area contributed by atoms with E-state index in [1.807, 2.05) is 6.92 Å². The zero-order chi connectivity index (χ0) is 17.0. The van der Waals surface area contributed by atoms with Crippen molar-refractivity contribution in [3.63, 3.8) is 0 Å². The molecule has 0 atom stereocenters. The van der Waals surface area contributed by atoms with Gasteiger partial charge in [0.2, 0.25) is 0 Å². The van der Waals surface area contributed by atoms with Crippen molar-refractivity contribution >= 4 is 21.6 Å². The topological polar surface area (TPSA) is 70.8 Å². The van der Waals surface area contributed by atoms with Crippen LogP contribution < -0.4 is 14.2 Å². The molecule has 2 rings (SSSR count). The van der Waals surface area contributed by atoms with E-state index in [-0.39, 0.29) is 18.0 Å². The van der Waals surface area contributed by atoms with E-state index in [0.29, 0.717) is 11.5 Å². The van der Waals surface area contributed by atoms with Gasteiger partial charge in [-0.15, -0.1) is 0 Å². The van der Waals surface area contributed by atoms with Crippen molar-refractivity contribution in [3.8, 4) is 17.2 Å². The molecule has 0 heterocycles. The Labute approximate surface area is 142 Å². The Bertz CT molecular complexity index is 733. The molecule has 0 bridgehead atoms. The van der Waals surface area contributed by atoms with E-state index in [1.165, 1.54) is 6.07 Å². The minimum absolute atomic E-state index is 0.0628. The summed E-state index contributed by atoms with van der Waals surface area (Å²) in [4.78, 5) is 10.6. The normalized spacial score (nSPS) is 10.3. The molecule has 23 heavy (non-hydrogen) atoms. The Balaban J connectivity index is 2.28. The van der Waals surface area contributed by atoms with E-state index < -0.39 is 4.92 Å². The molecule has 0 spiro atoms. The van der Waals surface area contributed by atoms with E-state index in [2.05, 4.69) is 15.9 Å². The molecular formula is C16H16BrNO5. The molecule has 2 aromatic carbocycles. The number of hydrogen-bond donors (Lipinski definition) is 0. The number of nitro benzene ring substituents is 1. The number of halogens is 1. The average Bonchev–Trinajstić information content (AvgIpc) is 2.53. The fraction of sp³-hybridized carbons (Fsp3) is 0.250. The van der Waals surface area contributed by atoms with Crippen molar-refractivity contribution in [1.82, 2.24) is 0 Å². The molecular weight excluding hydrogens is 366 g/mol. The Kier molecular flexibility index (Phi) is 5.44. The Morgan fingerprint density at radius 3 is 2.35 bits per heavy atom. The SMILES string of the molecule is COc1cc(Br)c(COc2cc(C)ccc2[N+](=O)[O-])cc1OC. The van der Waals surface area contributed by atoms with Crippen LogP contribution in [0.5, 0.6) is 17.2 Å². The van der Waals surface area contributed by atoms with Crippen LogP contribution >= 0.6 is 15.9 Å². The lowest BCUT2D eigenvalue weighted by Crippen LogP contribution is -2.01. The molecule has 0 saturated heterocycles. The summed E-state index contributed by atoms with van der Waals surface area (Å²) < 4.78 is 16.9. The van der Waals surface area contributed by atoms with E-state index >= 15 is 0 Å². The van der Waals surface area contributed by atoms with E-state index in [0.717, 1.165) is 15.6 Å². The molecule has 0 aliphatic heterocycles. The van der Waals surface area contributed by atoms with Gasteiger partial charge in [0, 0.05) is 16.1 Å². The Morgan fingerprint density at radius 2 is 1.74 bits per heavy atom. The molecule has 2 aromatic rings. The lowest BCUT2D eigenvalue weighted by molar-refractivity contribution is -0.386. The lowest BCUT2D eigenvalue weighted by atomic mass is 10.2. The Hall–Kier alpha value is -2.28. The Morgan fingerprint density at radius 1 is 1.09 bits per heavy atom. The average molecular weight is 382 g/mol. The highest BCUT2D eigenvalue weighted by atomic mass is 79.9. The van der Waals surface area contributed by atoms with Gasteiger partial charge in [0.1, 0.15) is 6.61 Å². The van der Waals surface area contributed by atoms with E-state index in [4.69, 9.17) is 14.2 Å². The second-order valence-corrected chi connectivity index (χ2v) is 5.67. The number of hydrogen-bond acceptors (Lipinski definition) is 5. The van der Waals surface area contributed by atoms with Crippen LogP contribution in [0, 0.1) is 17.0 Å². The molecule has 0 N–H and O–H groups in total. The van der Waals surface area contributed by atoms with Crippen LogP contribution in [0.4, 0.5) is 5.69 Å². The third-order valence-electron chi connectivity index (χ3n) is 3.25. The van der Waals surface area contributed by atoms with Gasteiger partial charge in [-0.25, -0.2) is 0 Å². The van der Waals surface area contributed by atoms with E-state index in [1.54, 1.807) is 38.5 Å². The van der Waals surface area contributed by atoms with Crippen LogP contribution in [0.2, 0.25) is 0 Å². The summed E-state index contributed by atoms with van der Waals surface area (Å²) >= 11 is 3.44. The van der Waals surface area contributed by atoms with Crippen molar-refractivity contribution in [1.29, 1.82) is 0 Å². The highest BCUT2D eigenvalue weighted by molar-refractivity contribution is 9.10. The van der Waals surface area contributed by atoms with Gasteiger partial charge in [-0.3, -0.25) is 10.1 Å². The fourth-order valence-electron chi connectivity index (χ4n) is 2.05. The van der Waals surface area contributed by atoms with Gasteiger partial charge in [0.05, 0.1) is 19.1 Å². The van der Waals surface area contributed by atoms with Crippen LogP contribution in [0.25, 0.3) is 0 Å². The third-order valence-corrected chi connectivity index (χ3v) is 3.99. The second kappa shape index (κ2) is 7.32. The summed E-state index contributed by atoms with van der Waals surface area (Å²) in [6, 6.07) is 8.30. The largest absolute Gasteiger partial charge is 0.493 e. The summed E-state index contributed by atoms with van der Waals surface area (Å²) in [6.45, 7) is 2.01. The van der Waals surface area contributed by atoms with Crippen LogP contribution in [0.3, 0.4) is 0 Å². The standard InChI is InChI=1S/C16H16BrNO5/c1-10-4-5-13(18(19)20)14(6-10)23-9-11-7-15(21-2)16(22-3)8-12(11)17/h4-8H,9H2,1-3H3. The molecule has 0 aromatic heterocycles. The van der Waals surface area contributed by atoms with Gasteiger partial charge >= 0.3 is 5.69 Å². The number of nitro groups is 1. The van der Waals surface area contributed by atoms with Gasteiger partial charge in [0.15, 0.2) is 17.2 Å². The highest BCUT2D eigenvalue weighted by Crippen LogP contribution is 2.35. The smallest absolute Gasteiger partial charge is 0.310 e. The van der Waals surface area contributed by atoms with Crippen molar-refractivity contribution in [3.05, 3.63) is 56.0 Å². The molecule has 0 aliphatic rings. The van der Waals surface area contributed by atoms with Gasteiger partial charge in [0.25, 0.3) is 0 Å². The number of ether oxygens (including phenoxy) is 3. The summed E-state index contributed by atoms with van der Waals surface area (Å²) in [6.07, 6.45) is 0. The van der Waals surface area contributed by atoms with Gasteiger partial charge in [-0.1, -0.05) is 22.0 Å². The highest BCUT2D eigenvalue weighted by Gasteiger charge is 2.16. The fourth-order valence-corrected chi connectivity index (χ4v) is 2.49. The van der Waals surface area contributed by atoms with Gasteiger partial charge < -0.3 is 14.2 Å². The molecule has 0 unspecified atom stereocenters. The molecule has 0 aliphatic carbocycles. The molecule has 0 fully saturated rings.